The number of carbonyl (C=O) groups is 1. The summed E-state index contributed by atoms with van der Waals surface area (Å²) in [5, 5.41) is 0.331. The molecule has 140 valence electrons. The molecule has 2 unspecified atom stereocenters. The minimum Gasteiger partial charge on any atom is -0.293 e. The van der Waals surface area contributed by atoms with Crippen molar-refractivity contribution in [2.45, 2.75) is 10.5 Å². The zero-order valence-electron chi connectivity index (χ0n) is 15.2. The second kappa shape index (κ2) is 9.75. The number of hydrogen-bond acceptors (Lipinski definition) is 2. The van der Waals surface area contributed by atoms with Crippen LogP contribution < -0.4 is 0 Å². The monoisotopic (exact) mass is 424 g/mol. The molecule has 5 rings (SSSR count). The molecule has 4 aromatic carbocycles. The molecule has 1 heterocycles. The first-order valence-corrected chi connectivity index (χ1v) is 10.0. The predicted octanol–water partition coefficient (Wildman–Crippen LogP) is 6.51. The van der Waals surface area contributed by atoms with Crippen LogP contribution in [0.1, 0.15) is 21.2 Å². The summed E-state index contributed by atoms with van der Waals surface area (Å²) >= 11 is 1.75. The molecule has 3 heteroatoms. The van der Waals surface area contributed by atoms with Crippen LogP contribution in [0, 0.1) is 0 Å². The quantitative estimate of drug-likeness (QED) is 0.161. The summed E-state index contributed by atoms with van der Waals surface area (Å²) in [6.45, 7) is 0. The molecule has 0 N–H and O–H groups in total. The summed E-state index contributed by atoms with van der Waals surface area (Å²) in [6, 6.07) is 36.4. The van der Waals surface area contributed by atoms with E-state index in [4.69, 9.17) is 0 Å². The molecule has 1 nitrogen and oxygen atoms in total. The van der Waals surface area contributed by atoms with E-state index in [1.54, 1.807) is 11.8 Å². The molecule has 0 amide bonds. The van der Waals surface area contributed by atoms with E-state index in [1.807, 2.05) is 60.7 Å². The van der Waals surface area contributed by atoms with Crippen molar-refractivity contribution in [2.24, 2.45) is 0 Å². The first-order valence-electron chi connectivity index (χ1n) is 9.07. The predicted molar refractivity (Wildman–Crippen MR) is 114 cm³/mol. The van der Waals surface area contributed by atoms with Crippen molar-refractivity contribution in [3.05, 3.63) is 120 Å². The van der Waals surface area contributed by atoms with Gasteiger partial charge in [0.1, 0.15) is 0 Å². The van der Waals surface area contributed by atoms with Crippen molar-refractivity contribution in [2.75, 3.05) is 0 Å². The molecule has 1 aliphatic rings. The number of hydrogen-bond donors (Lipinski definition) is 0. The van der Waals surface area contributed by atoms with Crippen molar-refractivity contribution >= 4 is 17.5 Å². The normalized spacial score (nSPS) is 17.0. The number of rotatable bonds is 4. The fourth-order valence-electron chi connectivity index (χ4n) is 3.20. The molecule has 1 aliphatic heterocycles. The van der Waals surface area contributed by atoms with E-state index in [9.17, 15) is 4.79 Å². The van der Waals surface area contributed by atoms with Gasteiger partial charge in [-0.25, -0.2) is 12.1 Å². The Labute approximate surface area is 181 Å². The average molecular weight is 424 g/mol. The molecule has 0 saturated carbocycles. The zero-order valence-corrected chi connectivity index (χ0v) is 17.1. The molecule has 0 aromatic heterocycles. The van der Waals surface area contributed by atoms with E-state index in [2.05, 4.69) is 48.5 Å². The molecular weight excluding hydrogens is 404 g/mol. The van der Waals surface area contributed by atoms with Crippen LogP contribution in [0.2, 0.25) is 0 Å². The Morgan fingerprint density at radius 3 is 2.11 bits per heavy atom. The van der Waals surface area contributed by atoms with Crippen LogP contribution in [0.15, 0.2) is 109 Å². The molecule has 28 heavy (non-hydrogen) atoms. The molecule has 2 atom stereocenters. The molecule has 1 fully saturated rings. The topological polar surface area (TPSA) is 17.1 Å². The maximum Gasteiger partial charge on any atom is 2.00 e. The molecule has 0 radical (unpaired) electrons. The number of carbonyl (C=O) groups excluding carboxylic acids is 1. The Kier molecular flexibility index (Phi) is 7.11. The van der Waals surface area contributed by atoms with Crippen molar-refractivity contribution in [3.63, 3.8) is 0 Å². The van der Waals surface area contributed by atoms with E-state index in [-0.39, 0.29) is 33.4 Å². The summed E-state index contributed by atoms with van der Waals surface area (Å²) in [5.41, 5.74) is 4.56. The van der Waals surface area contributed by atoms with Gasteiger partial charge >= 0.3 is 17.1 Å². The van der Waals surface area contributed by atoms with Crippen LogP contribution in [0.4, 0.5) is 0 Å². The van der Waals surface area contributed by atoms with Crippen LogP contribution >= 0.6 is 11.8 Å². The third-order valence-electron chi connectivity index (χ3n) is 4.60. The number of thioether (sulfide) groups is 1. The van der Waals surface area contributed by atoms with Crippen LogP contribution in [0.25, 0.3) is 11.1 Å². The van der Waals surface area contributed by atoms with E-state index < -0.39 is 0 Å². The summed E-state index contributed by atoms with van der Waals surface area (Å²) in [6.07, 6.45) is 0. The van der Waals surface area contributed by atoms with Gasteiger partial charge < -0.3 is 0 Å². The largest absolute Gasteiger partial charge is 2.00 e. The van der Waals surface area contributed by atoms with Crippen molar-refractivity contribution < 1.29 is 21.9 Å². The van der Waals surface area contributed by atoms with Gasteiger partial charge in [0.25, 0.3) is 0 Å². The fraction of sp³-hybridized carbons (Fsp3) is 0.0800. The SMILES string of the molecule is O=C(c1ccccc1)C1SC1c1ccccc1-[c-]1cccc1.[Fe+2].c1cc[cH-]c1. The third-order valence-corrected chi connectivity index (χ3v) is 5.89. The Bertz CT molecular complexity index is 957. The summed E-state index contributed by atoms with van der Waals surface area (Å²) in [7, 11) is 0. The van der Waals surface area contributed by atoms with Crippen LogP contribution in [0.5, 0.6) is 0 Å². The Morgan fingerprint density at radius 1 is 0.821 bits per heavy atom. The minimum atomic E-state index is 0. The maximum absolute atomic E-state index is 12.6. The molecule has 0 aliphatic carbocycles. The van der Waals surface area contributed by atoms with E-state index in [1.165, 1.54) is 16.7 Å². The minimum absolute atomic E-state index is 0. The summed E-state index contributed by atoms with van der Waals surface area (Å²) < 4.78 is 0. The molecule has 4 aromatic rings. The maximum atomic E-state index is 12.6. The molecule has 0 spiro atoms. The van der Waals surface area contributed by atoms with Crippen molar-refractivity contribution in [3.8, 4) is 11.1 Å². The molecular formula is C25H20FeOS. The van der Waals surface area contributed by atoms with Crippen LogP contribution in [0.3, 0.4) is 0 Å². The van der Waals surface area contributed by atoms with Gasteiger partial charge in [-0.05, 0) is 0 Å². The van der Waals surface area contributed by atoms with Gasteiger partial charge in [-0.1, -0.05) is 59.7 Å². The average Bonchev–Trinajstić information content (AvgIpc) is 3.13. The first kappa shape index (κ1) is 20.4. The van der Waals surface area contributed by atoms with Gasteiger partial charge in [0.2, 0.25) is 0 Å². The first-order chi connectivity index (χ1) is 13.3. The van der Waals surface area contributed by atoms with Gasteiger partial charge in [0, 0.05) is 10.8 Å². The zero-order chi connectivity index (χ0) is 18.5. The Balaban J connectivity index is 0.000000329. The number of benzene rings is 2. The van der Waals surface area contributed by atoms with Crippen molar-refractivity contribution in [1.82, 2.24) is 0 Å². The van der Waals surface area contributed by atoms with Crippen LogP contribution in [-0.2, 0) is 17.1 Å². The van der Waals surface area contributed by atoms with Crippen molar-refractivity contribution in [1.29, 1.82) is 0 Å². The second-order valence-corrected chi connectivity index (χ2v) is 7.72. The van der Waals surface area contributed by atoms with Gasteiger partial charge in [-0.15, -0.1) is 35.5 Å². The summed E-state index contributed by atoms with van der Waals surface area (Å²) in [4.78, 5) is 12.6. The molecule has 0 bridgehead atoms. The van der Waals surface area contributed by atoms with Gasteiger partial charge in [0.15, 0.2) is 5.78 Å². The number of Topliss-reactive ketones (excluding diaryl/α,β-unsaturated/α-hetero) is 1. The van der Waals surface area contributed by atoms with Gasteiger partial charge in [-0.3, -0.25) is 4.79 Å². The fourth-order valence-corrected chi connectivity index (χ4v) is 4.30. The van der Waals surface area contributed by atoms with E-state index in [0.717, 1.165) is 5.56 Å². The third kappa shape index (κ3) is 4.74. The molecule has 1 saturated heterocycles. The Morgan fingerprint density at radius 2 is 1.46 bits per heavy atom. The van der Waals surface area contributed by atoms with E-state index >= 15 is 0 Å². The van der Waals surface area contributed by atoms with Gasteiger partial charge in [0.05, 0.1) is 5.25 Å². The smallest absolute Gasteiger partial charge is 0.293 e. The summed E-state index contributed by atoms with van der Waals surface area (Å²) in [5.74, 6) is 0.243. The van der Waals surface area contributed by atoms with E-state index in [0.29, 0.717) is 0 Å². The van der Waals surface area contributed by atoms with Crippen LogP contribution in [-0.4, -0.2) is 11.0 Å². The second-order valence-electron chi connectivity index (χ2n) is 6.43. The Hall–Kier alpha value is -2.32. The standard InChI is InChI=1S/C20H15OS.C5H5.Fe/c21-18(15-10-2-1-3-11-15)20-19(22-20)17-13-7-6-12-16(17)14-8-4-5-9-14;1-2-4-5-3-1;/h1-13,19-20H;1-5H;/q2*-1;+2. The van der Waals surface area contributed by atoms with Gasteiger partial charge in [-0.2, -0.15) is 30.3 Å². The number of ketones is 1.